The fourth-order valence-electron chi connectivity index (χ4n) is 1.32. The molecule has 0 amide bonds. The normalized spacial score (nSPS) is 13.8. The Balaban J connectivity index is 2.39. The molecule has 2 nitrogen and oxygen atoms in total. The van der Waals surface area contributed by atoms with Gasteiger partial charge in [-0.1, -0.05) is 43.5 Å². The summed E-state index contributed by atoms with van der Waals surface area (Å²) in [5, 5.41) is 0. The van der Waals surface area contributed by atoms with Gasteiger partial charge in [0, 0.05) is 6.92 Å². The highest BCUT2D eigenvalue weighted by atomic mass is 16.7. The van der Waals surface area contributed by atoms with Crippen molar-refractivity contribution in [1.82, 2.24) is 0 Å². The first-order valence-corrected chi connectivity index (χ1v) is 5.30. The summed E-state index contributed by atoms with van der Waals surface area (Å²) in [6, 6.07) is 10.2. The molecular formula is C14H18O2. The zero-order valence-corrected chi connectivity index (χ0v) is 9.69. The maximum Gasteiger partial charge on any atom is 0.226 e. The van der Waals surface area contributed by atoms with Crippen molar-refractivity contribution in [3.8, 4) is 0 Å². The zero-order chi connectivity index (χ0) is 11.9. The summed E-state index contributed by atoms with van der Waals surface area (Å²) in [5.41, 5.74) is 1.24. The van der Waals surface area contributed by atoms with Crippen LogP contribution < -0.4 is 0 Å². The van der Waals surface area contributed by atoms with Crippen molar-refractivity contribution in [2.75, 3.05) is 6.61 Å². The molecular weight excluding hydrogens is 200 g/mol. The lowest BCUT2D eigenvalue weighted by molar-refractivity contribution is -0.157. The predicted molar refractivity (Wildman–Crippen MR) is 66.0 cm³/mol. The molecule has 1 unspecified atom stereocenters. The maximum absolute atomic E-state index is 5.61. The van der Waals surface area contributed by atoms with Gasteiger partial charge in [-0.2, -0.15) is 0 Å². The molecule has 1 aromatic carbocycles. The Morgan fingerprint density at radius 2 is 1.94 bits per heavy atom. The van der Waals surface area contributed by atoms with Crippen molar-refractivity contribution in [1.29, 1.82) is 0 Å². The van der Waals surface area contributed by atoms with Crippen molar-refractivity contribution in [2.24, 2.45) is 0 Å². The van der Waals surface area contributed by atoms with Crippen molar-refractivity contribution >= 4 is 0 Å². The summed E-state index contributed by atoms with van der Waals surface area (Å²) >= 11 is 0. The smallest absolute Gasteiger partial charge is 0.226 e. The summed E-state index contributed by atoms with van der Waals surface area (Å²) in [6.45, 7) is 9.59. The van der Waals surface area contributed by atoms with Gasteiger partial charge < -0.3 is 9.47 Å². The molecule has 0 bridgehead atoms. The number of rotatable bonds is 7. The Bertz CT molecular complexity index is 332. The first-order chi connectivity index (χ1) is 7.70. The van der Waals surface area contributed by atoms with Gasteiger partial charge in [0.15, 0.2) is 0 Å². The summed E-state index contributed by atoms with van der Waals surface area (Å²) in [5.74, 6) is -0.781. The van der Waals surface area contributed by atoms with E-state index in [0.29, 0.717) is 6.61 Å². The van der Waals surface area contributed by atoms with Gasteiger partial charge in [-0.25, -0.2) is 0 Å². The van der Waals surface area contributed by atoms with E-state index in [4.69, 9.17) is 9.47 Å². The first kappa shape index (κ1) is 12.5. The van der Waals surface area contributed by atoms with E-state index < -0.39 is 5.79 Å². The highest BCUT2D eigenvalue weighted by Gasteiger charge is 2.20. The molecule has 0 saturated carbocycles. The van der Waals surface area contributed by atoms with E-state index in [2.05, 4.69) is 25.3 Å². The summed E-state index contributed by atoms with van der Waals surface area (Å²) in [7, 11) is 0. The van der Waals surface area contributed by atoms with E-state index in [9.17, 15) is 0 Å². The molecule has 0 radical (unpaired) electrons. The second-order valence-electron chi connectivity index (χ2n) is 3.59. The van der Waals surface area contributed by atoms with Gasteiger partial charge in [0.1, 0.15) is 0 Å². The third-order valence-electron chi connectivity index (χ3n) is 2.31. The van der Waals surface area contributed by atoms with Crippen molar-refractivity contribution in [2.45, 2.75) is 19.1 Å². The van der Waals surface area contributed by atoms with Crippen LogP contribution in [-0.2, 0) is 15.9 Å². The van der Waals surface area contributed by atoms with Crippen LogP contribution in [0.1, 0.15) is 12.5 Å². The van der Waals surface area contributed by atoms with Gasteiger partial charge in [0.2, 0.25) is 5.79 Å². The third kappa shape index (κ3) is 3.91. The lowest BCUT2D eigenvalue weighted by Gasteiger charge is -2.25. The van der Waals surface area contributed by atoms with Gasteiger partial charge in [-0.15, -0.1) is 0 Å². The lowest BCUT2D eigenvalue weighted by Crippen LogP contribution is -2.28. The number of ether oxygens (including phenoxy) is 2. The van der Waals surface area contributed by atoms with E-state index in [-0.39, 0.29) is 0 Å². The van der Waals surface area contributed by atoms with Crippen molar-refractivity contribution in [3.05, 3.63) is 61.4 Å². The molecule has 0 aromatic heterocycles. The summed E-state index contributed by atoms with van der Waals surface area (Å²) in [4.78, 5) is 0. The SMILES string of the molecule is C=COC(C)(C=C)OCCc1ccccc1. The third-order valence-corrected chi connectivity index (χ3v) is 2.31. The van der Waals surface area contributed by atoms with Crippen LogP contribution in [-0.4, -0.2) is 12.4 Å². The molecule has 1 atom stereocenters. The van der Waals surface area contributed by atoms with Crippen LogP contribution >= 0.6 is 0 Å². The molecule has 1 rings (SSSR count). The van der Waals surface area contributed by atoms with Crippen LogP contribution in [0.2, 0.25) is 0 Å². The van der Waals surface area contributed by atoms with Crippen LogP contribution in [0.15, 0.2) is 55.8 Å². The topological polar surface area (TPSA) is 18.5 Å². The average Bonchev–Trinajstić information content (AvgIpc) is 2.31. The van der Waals surface area contributed by atoms with Crippen LogP contribution in [0.5, 0.6) is 0 Å². The van der Waals surface area contributed by atoms with E-state index in [1.807, 2.05) is 25.1 Å². The fourth-order valence-corrected chi connectivity index (χ4v) is 1.32. The fraction of sp³-hybridized carbons (Fsp3) is 0.286. The van der Waals surface area contributed by atoms with Crippen LogP contribution in [0.25, 0.3) is 0 Å². The molecule has 0 aliphatic carbocycles. The van der Waals surface area contributed by atoms with Gasteiger partial charge in [-0.05, 0) is 18.1 Å². The van der Waals surface area contributed by atoms with E-state index in [1.54, 1.807) is 6.08 Å². The number of hydrogen-bond donors (Lipinski definition) is 0. The van der Waals surface area contributed by atoms with Gasteiger partial charge >= 0.3 is 0 Å². The van der Waals surface area contributed by atoms with Gasteiger partial charge in [-0.3, -0.25) is 0 Å². The van der Waals surface area contributed by atoms with E-state index >= 15 is 0 Å². The number of benzene rings is 1. The Hall–Kier alpha value is -1.54. The molecule has 0 N–H and O–H groups in total. The monoisotopic (exact) mass is 218 g/mol. The molecule has 16 heavy (non-hydrogen) atoms. The molecule has 0 aliphatic heterocycles. The summed E-state index contributed by atoms with van der Waals surface area (Å²) in [6.07, 6.45) is 3.84. The molecule has 0 heterocycles. The molecule has 0 fully saturated rings. The lowest BCUT2D eigenvalue weighted by atomic mass is 10.2. The molecule has 86 valence electrons. The van der Waals surface area contributed by atoms with E-state index in [1.165, 1.54) is 11.8 Å². The van der Waals surface area contributed by atoms with Gasteiger partial charge in [0.05, 0.1) is 12.9 Å². The molecule has 0 aliphatic rings. The Labute approximate surface area is 97.2 Å². The standard InChI is InChI=1S/C14H18O2/c1-4-14(3,15-5-2)16-12-11-13-9-7-6-8-10-13/h4-10H,1-2,11-12H2,3H3. The Morgan fingerprint density at radius 3 is 2.50 bits per heavy atom. The first-order valence-electron chi connectivity index (χ1n) is 5.30. The van der Waals surface area contributed by atoms with E-state index in [0.717, 1.165) is 6.42 Å². The highest BCUT2D eigenvalue weighted by molar-refractivity contribution is 5.14. The van der Waals surface area contributed by atoms with Crippen molar-refractivity contribution in [3.63, 3.8) is 0 Å². The van der Waals surface area contributed by atoms with Crippen molar-refractivity contribution < 1.29 is 9.47 Å². The molecule has 0 saturated heterocycles. The zero-order valence-electron chi connectivity index (χ0n) is 9.69. The highest BCUT2D eigenvalue weighted by Crippen LogP contribution is 2.14. The quantitative estimate of drug-likeness (QED) is 0.397. The Kier molecular flexibility index (Phi) is 4.80. The van der Waals surface area contributed by atoms with Crippen LogP contribution in [0.4, 0.5) is 0 Å². The molecule has 2 heteroatoms. The van der Waals surface area contributed by atoms with Gasteiger partial charge in [0.25, 0.3) is 0 Å². The Morgan fingerprint density at radius 1 is 1.25 bits per heavy atom. The predicted octanol–water partition coefficient (Wildman–Crippen LogP) is 3.31. The summed E-state index contributed by atoms with van der Waals surface area (Å²) < 4.78 is 10.9. The average molecular weight is 218 g/mol. The van der Waals surface area contributed by atoms with Crippen LogP contribution in [0.3, 0.4) is 0 Å². The second-order valence-corrected chi connectivity index (χ2v) is 3.59. The molecule has 1 aromatic rings. The minimum atomic E-state index is -0.781. The molecule has 0 spiro atoms. The minimum absolute atomic E-state index is 0.584. The number of hydrogen-bond acceptors (Lipinski definition) is 2. The minimum Gasteiger partial charge on any atom is -0.467 e. The van der Waals surface area contributed by atoms with Crippen LogP contribution in [0, 0.1) is 0 Å². The maximum atomic E-state index is 5.61. The second kappa shape index (κ2) is 6.13. The largest absolute Gasteiger partial charge is 0.467 e.